The number of likely N-dealkylation sites (N-methyl/N-ethyl adjacent to an activating group) is 1. The maximum absolute atomic E-state index is 6.29. The second-order valence-electron chi connectivity index (χ2n) is 5.56. The van der Waals surface area contributed by atoms with Crippen LogP contribution in [-0.2, 0) is 0 Å². The van der Waals surface area contributed by atoms with Crippen molar-refractivity contribution in [2.45, 2.75) is 30.7 Å². The molecular weight excluding hydrogens is 312 g/mol. The van der Waals surface area contributed by atoms with Gasteiger partial charge in [-0.25, -0.2) is 4.99 Å². The highest BCUT2D eigenvalue weighted by molar-refractivity contribution is 8.03. The van der Waals surface area contributed by atoms with Crippen molar-refractivity contribution in [2.75, 3.05) is 7.05 Å². The number of amidine groups is 1. The average molecular weight is 331 g/mol. The number of thioether (sulfide) groups is 1. The summed E-state index contributed by atoms with van der Waals surface area (Å²) in [6, 6.07) is 10.8. The van der Waals surface area contributed by atoms with Gasteiger partial charge in [-0.2, -0.15) is 0 Å². The van der Waals surface area contributed by atoms with Crippen molar-refractivity contribution in [3.05, 3.63) is 64.7 Å². The summed E-state index contributed by atoms with van der Waals surface area (Å²) < 4.78 is 0. The number of fused-ring (bicyclic) bond motifs is 2. The van der Waals surface area contributed by atoms with Crippen molar-refractivity contribution in [3.63, 3.8) is 0 Å². The van der Waals surface area contributed by atoms with Gasteiger partial charge in [-0.3, -0.25) is 0 Å². The van der Waals surface area contributed by atoms with Crippen LogP contribution in [0.1, 0.15) is 19.8 Å². The van der Waals surface area contributed by atoms with Crippen LogP contribution in [0.15, 0.2) is 74.6 Å². The smallest absolute Gasteiger partial charge is 0.198 e. The lowest BCUT2D eigenvalue weighted by Crippen LogP contribution is -2.32. The summed E-state index contributed by atoms with van der Waals surface area (Å²) in [5, 5.41) is 0.571. The molecule has 1 heterocycles. The zero-order valence-electron chi connectivity index (χ0n) is 12.8. The van der Waals surface area contributed by atoms with Gasteiger partial charge in [0.05, 0.1) is 6.04 Å². The molecule has 1 aliphatic carbocycles. The minimum atomic E-state index is 0.281. The largest absolute Gasteiger partial charge is 0.343 e. The van der Waals surface area contributed by atoms with Crippen molar-refractivity contribution in [3.8, 4) is 0 Å². The first-order valence-electron chi connectivity index (χ1n) is 7.39. The molecule has 1 unspecified atom stereocenters. The van der Waals surface area contributed by atoms with E-state index in [1.165, 1.54) is 15.4 Å². The molecule has 1 atom stereocenters. The summed E-state index contributed by atoms with van der Waals surface area (Å²) >= 11 is 8.11. The van der Waals surface area contributed by atoms with E-state index in [1.807, 2.05) is 29.8 Å². The topological polar surface area (TPSA) is 15.6 Å². The highest BCUT2D eigenvalue weighted by Crippen LogP contribution is 2.36. The van der Waals surface area contributed by atoms with Crippen molar-refractivity contribution in [1.29, 1.82) is 0 Å². The molecular formula is C18H19ClN2S. The Bertz CT molecular complexity index is 674. The fourth-order valence-electron chi connectivity index (χ4n) is 2.64. The monoisotopic (exact) mass is 330 g/mol. The Morgan fingerprint density at radius 1 is 1.27 bits per heavy atom. The van der Waals surface area contributed by atoms with Crippen molar-refractivity contribution in [1.82, 2.24) is 4.90 Å². The molecule has 0 N–H and O–H groups in total. The van der Waals surface area contributed by atoms with E-state index in [4.69, 9.17) is 11.6 Å². The molecule has 1 aromatic rings. The molecule has 1 aromatic carbocycles. The SMILES string of the molecule is CC1=C2C/C(Sc3ccccc3)=C\C=C/C(C2)N(C)C(Cl)=N1. The lowest BCUT2D eigenvalue weighted by Gasteiger charge is -2.25. The summed E-state index contributed by atoms with van der Waals surface area (Å²) in [6.45, 7) is 2.06. The van der Waals surface area contributed by atoms with Gasteiger partial charge in [-0.15, -0.1) is 0 Å². The summed E-state index contributed by atoms with van der Waals surface area (Å²) in [4.78, 5) is 9.19. The van der Waals surface area contributed by atoms with Crippen LogP contribution in [0.3, 0.4) is 0 Å². The molecule has 0 fully saturated rings. The minimum Gasteiger partial charge on any atom is -0.343 e. The first-order valence-corrected chi connectivity index (χ1v) is 8.59. The van der Waals surface area contributed by atoms with Crippen LogP contribution >= 0.6 is 23.4 Å². The summed E-state index contributed by atoms with van der Waals surface area (Å²) in [6.07, 6.45) is 8.48. The van der Waals surface area contributed by atoms with Crippen LogP contribution in [0.25, 0.3) is 0 Å². The fourth-order valence-corrected chi connectivity index (χ4v) is 3.88. The molecule has 0 radical (unpaired) electrons. The first kappa shape index (κ1) is 15.4. The van der Waals surface area contributed by atoms with Gasteiger partial charge in [0, 0.05) is 24.1 Å². The Morgan fingerprint density at radius 2 is 2.05 bits per heavy atom. The molecule has 2 nitrogen and oxygen atoms in total. The molecule has 1 aliphatic heterocycles. The van der Waals surface area contributed by atoms with E-state index < -0.39 is 0 Å². The summed E-state index contributed by atoms with van der Waals surface area (Å²) in [5.41, 5.74) is 2.42. The number of aliphatic imine (C=N–C) groups is 1. The Labute approximate surface area is 141 Å². The second kappa shape index (κ2) is 6.76. The van der Waals surface area contributed by atoms with Gasteiger partial charge in [0.15, 0.2) is 5.29 Å². The first-order chi connectivity index (χ1) is 10.6. The van der Waals surface area contributed by atoms with Gasteiger partial charge >= 0.3 is 0 Å². The van der Waals surface area contributed by atoms with E-state index in [-0.39, 0.29) is 6.04 Å². The number of allylic oxidation sites excluding steroid dienone is 4. The van der Waals surface area contributed by atoms with Gasteiger partial charge in [0.1, 0.15) is 0 Å². The number of nitrogens with zero attached hydrogens (tertiary/aromatic N) is 2. The van der Waals surface area contributed by atoms with E-state index in [9.17, 15) is 0 Å². The molecule has 114 valence electrons. The Kier molecular flexibility index (Phi) is 4.74. The van der Waals surface area contributed by atoms with Crippen molar-refractivity contribution < 1.29 is 0 Å². The third kappa shape index (κ3) is 3.47. The zero-order valence-corrected chi connectivity index (χ0v) is 14.4. The minimum absolute atomic E-state index is 0.281. The lowest BCUT2D eigenvalue weighted by molar-refractivity contribution is 0.430. The van der Waals surface area contributed by atoms with E-state index in [0.29, 0.717) is 5.29 Å². The molecule has 0 aromatic heterocycles. The zero-order chi connectivity index (χ0) is 15.5. The fraction of sp³-hybridized carbons (Fsp3) is 0.278. The van der Waals surface area contributed by atoms with E-state index >= 15 is 0 Å². The predicted octanol–water partition coefficient (Wildman–Crippen LogP) is 5.20. The van der Waals surface area contributed by atoms with Gasteiger partial charge < -0.3 is 4.90 Å². The number of hydrogen-bond donors (Lipinski definition) is 0. The standard InChI is InChI=1S/C18H19ClN2S/c1-13-14-11-15(21(2)18(19)20-13)7-6-10-17(12-14)22-16-8-4-3-5-9-16/h3-10,15H,11-12H2,1-2H3/b7-6-,17-10+. The highest BCUT2D eigenvalue weighted by Gasteiger charge is 2.23. The second-order valence-corrected chi connectivity index (χ2v) is 7.10. The van der Waals surface area contributed by atoms with Crippen LogP contribution in [0, 0.1) is 0 Å². The van der Waals surface area contributed by atoms with Crippen LogP contribution in [-0.4, -0.2) is 23.3 Å². The molecule has 2 bridgehead atoms. The Morgan fingerprint density at radius 3 is 2.82 bits per heavy atom. The molecule has 3 rings (SSSR count). The number of rotatable bonds is 2. The van der Waals surface area contributed by atoms with Crippen LogP contribution in [0.2, 0.25) is 0 Å². The normalized spacial score (nSPS) is 25.6. The number of halogens is 1. The molecule has 0 saturated heterocycles. The molecule has 0 amide bonds. The Balaban J connectivity index is 1.91. The van der Waals surface area contributed by atoms with Gasteiger partial charge in [-0.05, 0) is 47.6 Å². The maximum Gasteiger partial charge on any atom is 0.198 e. The van der Waals surface area contributed by atoms with Crippen LogP contribution in [0.4, 0.5) is 0 Å². The highest BCUT2D eigenvalue weighted by atomic mass is 35.5. The van der Waals surface area contributed by atoms with E-state index in [1.54, 1.807) is 0 Å². The average Bonchev–Trinajstić information content (AvgIpc) is 2.59. The van der Waals surface area contributed by atoms with Crippen LogP contribution in [0.5, 0.6) is 0 Å². The lowest BCUT2D eigenvalue weighted by atomic mass is 9.98. The molecule has 22 heavy (non-hydrogen) atoms. The molecule has 0 saturated carbocycles. The third-order valence-corrected chi connectivity index (χ3v) is 5.41. The number of benzene rings is 1. The van der Waals surface area contributed by atoms with Gasteiger partial charge in [0.2, 0.25) is 0 Å². The number of hydrogen-bond acceptors (Lipinski definition) is 3. The van der Waals surface area contributed by atoms with Crippen molar-refractivity contribution >= 4 is 28.7 Å². The predicted molar refractivity (Wildman–Crippen MR) is 96.3 cm³/mol. The molecule has 2 aliphatic rings. The van der Waals surface area contributed by atoms with E-state index in [2.05, 4.69) is 54.4 Å². The summed E-state index contributed by atoms with van der Waals surface area (Å²) in [7, 11) is 2.00. The van der Waals surface area contributed by atoms with E-state index in [0.717, 1.165) is 18.5 Å². The maximum atomic E-state index is 6.29. The van der Waals surface area contributed by atoms with Gasteiger partial charge in [0.25, 0.3) is 0 Å². The molecule has 4 heteroatoms. The van der Waals surface area contributed by atoms with Crippen LogP contribution < -0.4 is 0 Å². The summed E-state index contributed by atoms with van der Waals surface area (Å²) in [5.74, 6) is 0. The molecule has 0 spiro atoms. The van der Waals surface area contributed by atoms with Gasteiger partial charge in [-0.1, -0.05) is 48.2 Å². The third-order valence-electron chi connectivity index (χ3n) is 4.01. The Hall–Kier alpha value is -1.45. The quantitative estimate of drug-likeness (QED) is 0.693. The van der Waals surface area contributed by atoms with Crippen molar-refractivity contribution in [2.24, 2.45) is 4.99 Å².